The Bertz CT molecular complexity index is 807. The molecule has 30 heavy (non-hydrogen) atoms. The molecule has 0 spiro atoms. The van der Waals surface area contributed by atoms with Crippen molar-refractivity contribution >= 4 is 0 Å². The Morgan fingerprint density at radius 2 is 1.37 bits per heavy atom. The number of alkyl halides is 2. The number of hydrogen-bond acceptors (Lipinski definition) is 1. The van der Waals surface area contributed by atoms with Gasteiger partial charge < -0.3 is 4.74 Å². The van der Waals surface area contributed by atoms with Gasteiger partial charge in [-0.1, -0.05) is 75.8 Å². The van der Waals surface area contributed by atoms with E-state index in [-0.39, 0.29) is 5.75 Å². The largest absolute Gasteiger partial charge is 0.435 e. The molecule has 2 aromatic rings. The lowest BCUT2D eigenvalue weighted by Crippen LogP contribution is -2.15. The summed E-state index contributed by atoms with van der Waals surface area (Å²) in [4.78, 5) is 0. The fourth-order valence-corrected chi connectivity index (χ4v) is 4.29. The molecular formula is C27H32F2O. The van der Waals surface area contributed by atoms with Gasteiger partial charge in [0.25, 0.3) is 0 Å². The van der Waals surface area contributed by atoms with Crippen molar-refractivity contribution < 1.29 is 13.5 Å². The van der Waals surface area contributed by atoms with Crippen LogP contribution in [0.15, 0.2) is 48.5 Å². The molecular weight excluding hydrogens is 378 g/mol. The first-order valence-electron chi connectivity index (χ1n) is 11.3. The lowest BCUT2D eigenvalue weighted by atomic mass is 9.78. The molecule has 1 nitrogen and oxygen atoms in total. The van der Waals surface area contributed by atoms with E-state index in [0.717, 1.165) is 29.4 Å². The molecule has 0 unspecified atom stereocenters. The number of benzene rings is 2. The van der Waals surface area contributed by atoms with Gasteiger partial charge in [0.05, 0.1) is 0 Å². The van der Waals surface area contributed by atoms with Crippen LogP contribution in [-0.2, 0) is 6.42 Å². The van der Waals surface area contributed by atoms with Gasteiger partial charge in [-0.3, -0.25) is 0 Å². The van der Waals surface area contributed by atoms with E-state index in [0.29, 0.717) is 0 Å². The fraction of sp³-hybridized carbons (Fsp3) is 0.481. The molecule has 0 atom stereocenters. The quantitative estimate of drug-likeness (QED) is 0.407. The lowest BCUT2D eigenvalue weighted by molar-refractivity contribution is -0.0498. The monoisotopic (exact) mass is 410 g/mol. The molecule has 0 amide bonds. The molecule has 1 fully saturated rings. The predicted octanol–water partition coefficient (Wildman–Crippen LogP) is 7.62. The molecule has 3 rings (SSSR count). The molecule has 1 aliphatic rings. The summed E-state index contributed by atoms with van der Waals surface area (Å²) in [5.41, 5.74) is 3.11. The Labute approximate surface area is 179 Å². The minimum Gasteiger partial charge on any atom is -0.435 e. The summed E-state index contributed by atoms with van der Waals surface area (Å²) >= 11 is 0. The van der Waals surface area contributed by atoms with E-state index < -0.39 is 6.61 Å². The van der Waals surface area contributed by atoms with Crippen molar-refractivity contribution in [3.63, 3.8) is 0 Å². The molecule has 0 heterocycles. The highest BCUT2D eigenvalue weighted by Crippen LogP contribution is 2.34. The highest BCUT2D eigenvalue weighted by molar-refractivity contribution is 5.44. The van der Waals surface area contributed by atoms with Crippen molar-refractivity contribution in [2.75, 3.05) is 0 Å². The van der Waals surface area contributed by atoms with E-state index in [9.17, 15) is 8.78 Å². The summed E-state index contributed by atoms with van der Waals surface area (Å²) in [6.45, 7) is -0.519. The highest BCUT2D eigenvalue weighted by atomic mass is 19.3. The molecule has 1 aliphatic carbocycles. The van der Waals surface area contributed by atoms with Gasteiger partial charge in [0.2, 0.25) is 0 Å². The predicted molar refractivity (Wildman–Crippen MR) is 119 cm³/mol. The van der Waals surface area contributed by atoms with Gasteiger partial charge in [-0.2, -0.15) is 8.78 Å². The van der Waals surface area contributed by atoms with Crippen LogP contribution in [0, 0.1) is 23.7 Å². The van der Waals surface area contributed by atoms with Crippen LogP contribution in [0.2, 0.25) is 0 Å². The smallest absolute Gasteiger partial charge is 0.387 e. The Hall–Kier alpha value is -2.34. The number of halogens is 2. The number of unbranched alkanes of at least 4 members (excludes halogenated alkanes) is 1. The maximum atomic E-state index is 12.2. The van der Waals surface area contributed by atoms with Crippen molar-refractivity contribution in [1.29, 1.82) is 0 Å². The molecule has 3 heteroatoms. The Morgan fingerprint density at radius 1 is 0.833 bits per heavy atom. The maximum Gasteiger partial charge on any atom is 0.387 e. The summed E-state index contributed by atoms with van der Waals surface area (Å²) in [6, 6.07) is 14.9. The van der Waals surface area contributed by atoms with E-state index in [4.69, 9.17) is 0 Å². The Morgan fingerprint density at radius 3 is 1.90 bits per heavy atom. The zero-order valence-corrected chi connectivity index (χ0v) is 17.9. The highest BCUT2D eigenvalue weighted by Gasteiger charge is 2.20. The third kappa shape index (κ3) is 7.48. The van der Waals surface area contributed by atoms with Crippen LogP contribution in [0.25, 0.3) is 0 Å². The summed E-state index contributed by atoms with van der Waals surface area (Å²) < 4.78 is 28.7. The van der Waals surface area contributed by atoms with Crippen LogP contribution in [0.1, 0.15) is 75.0 Å². The minimum atomic E-state index is -2.80. The van der Waals surface area contributed by atoms with Crippen molar-refractivity contribution in [1.82, 2.24) is 0 Å². The van der Waals surface area contributed by atoms with E-state index in [2.05, 4.69) is 47.8 Å². The molecule has 0 aromatic heterocycles. The second kappa shape index (κ2) is 11.7. The second-order valence-electron chi connectivity index (χ2n) is 8.42. The molecule has 0 bridgehead atoms. The van der Waals surface area contributed by atoms with Gasteiger partial charge in [0.15, 0.2) is 0 Å². The third-order valence-electron chi connectivity index (χ3n) is 6.16. The topological polar surface area (TPSA) is 9.23 Å². The van der Waals surface area contributed by atoms with Gasteiger partial charge in [0, 0.05) is 11.1 Å². The number of hydrogen-bond donors (Lipinski definition) is 0. The second-order valence-corrected chi connectivity index (χ2v) is 8.42. The zero-order valence-electron chi connectivity index (χ0n) is 17.9. The van der Waals surface area contributed by atoms with Gasteiger partial charge in [-0.05, 0) is 66.6 Å². The number of aryl methyl sites for hydroxylation is 1. The first-order valence-corrected chi connectivity index (χ1v) is 11.3. The molecule has 1 saturated carbocycles. The fourth-order valence-electron chi connectivity index (χ4n) is 4.29. The van der Waals surface area contributed by atoms with Gasteiger partial charge in [0.1, 0.15) is 5.75 Å². The van der Waals surface area contributed by atoms with Crippen LogP contribution >= 0.6 is 0 Å². The number of rotatable bonds is 8. The first kappa shape index (κ1) is 22.3. The Kier molecular flexibility index (Phi) is 8.75. The first-order chi connectivity index (χ1) is 14.6. The van der Waals surface area contributed by atoms with Gasteiger partial charge in [-0.25, -0.2) is 0 Å². The summed E-state index contributed by atoms with van der Waals surface area (Å²) in [7, 11) is 0. The maximum absolute atomic E-state index is 12.2. The van der Waals surface area contributed by atoms with Gasteiger partial charge >= 0.3 is 6.61 Å². The summed E-state index contributed by atoms with van der Waals surface area (Å²) in [5.74, 6) is 8.22. The van der Waals surface area contributed by atoms with E-state index in [1.807, 2.05) is 0 Å². The van der Waals surface area contributed by atoms with Crippen molar-refractivity contribution in [2.24, 2.45) is 11.8 Å². The minimum absolute atomic E-state index is 0.148. The zero-order chi connectivity index (χ0) is 21.2. The molecule has 160 valence electrons. The molecule has 0 radical (unpaired) electrons. The van der Waals surface area contributed by atoms with E-state index >= 15 is 0 Å². The van der Waals surface area contributed by atoms with Crippen LogP contribution < -0.4 is 4.74 Å². The van der Waals surface area contributed by atoms with Crippen molar-refractivity contribution in [2.45, 2.75) is 71.3 Å². The SMILES string of the molecule is CCCCC1CCC(CCc2ccc(C#Cc3ccc(OC(F)F)cc3)cc2)CC1. The normalized spacial score (nSPS) is 18.7. The molecule has 2 aromatic carbocycles. The average Bonchev–Trinajstić information content (AvgIpc) is 2.77. The number of ether oxygens (including phenoxy) is 1. The average molecular weight is 411 g/mol. The van der Waals surface area contributed by atoms with E-state index in [1.54, 1.807) is 12.1 Å². The van der Waals surface area contributed by atoms with Crippen molar-refractivity contribution in [3.8, 4) is 17.6 Å². The van der Waals surface area contributed by atoms with Crippen LogP contribution in [0.4, 0.5) is 8.78 Å². The standard InChI is InChI=1S/C27H32F2O/c1-2-3-4-21-5-7-22(8-6-21)9-10-23-11-13-24(14-12-23)15-16-25-17-19-26(20-18-25)30-27(28)29/h11-14,17-22,27H,2-10H2,1H3. The summed E-state index contributed by atoms with van der Waals surface area (Å²) in [5, 5.41) is 0. The van der Waals surface area contributed by atoms with Crippen LogP contribution in [-0.4, -0.2) is 6.61 Å². The molecule has 0 saturated heterocycles. The van der Waals surface area contributed by atoms with Crippen molar-refractivity contribution in [3.05, 3.63) is 65.2 Å². The third-order valence-corrected chi connectivity index (χ3v) is 6.16. The summed E-state index contributed by atoms with van der Waals surface area (Å²) in [6.07, 6.45) is 12.2. The van der Waals surface area contributed by atoms with Crippen LogP contribution in [0.5, 0.6) is 5.75 Å². The molecule has 0 N–H and O–H groups in total. The van der Waals surface area contributed by atoms with E-state index in [1.165, 1.54) is 69.1 Å². The molecule has 0 aliphatic heterocycles. The lowest BCUT2D eigenvalue weighted by Gasteiger charge is -2.28. The van der Waals surface area contributed by atoms with Gasteiger partial charge in [-0.15, -0.1) is 0 Å². The Balaban J connectivity index is 1.44. The van der Waals surface area contributed by atoms with Crippen LogP contribution in [0.3, 0.4) is 0 Å².